The largest absolute Gasteiger partial charge is 0.495 e. The normalized spacial score (nSPS) is 19.1. The van der Waals surface area contributed by atoms with Gasteiger partial charge in [0.1, 0.15) is 11.5 Å². The molecule has 6 nitrogen and oxygen atoms in total. The fraction of sp³-hybridized carbons (Fsp3) is 0.556. The molecule has 0 aromatic heterocycles. The number of halogens is 2. The first-order chi connectivity index (χ1) is 16.9. The Balaban J connectivity index is 0.000000196. The van der Waals surface area contributed by atoms with Crippen molar-refractivity contribution < 1.29 is 9.47 Å². The summed E-state index contributed by atoms with van der Waals surface area (Å²) in [7, 11) is 5.39. The van der Waals surface area contributed by atoms with Gasteiger partial charge in [0.2, 0.25) is 0 Å². The van der Waals surface area contributed by atoms with E-state index in [1.54, 1.807) is 14.2 Å². The average Bonchev–Trinajstić information content (AvgIpc) is 3.58. The lowest BCUT2D eigenvalue weighted by Gasteiger charge is -2.27. The molecule has 0 radical (unpaired) electrons. The lowest BCUT2D eigenvalue weighted by atomic mass is 10.2. The molecule has 2 aliphatic rings. The molecule has 0 aliphatic carbocycles. The number of hydrogen-bond acceptors (Lipinski definition) is 6. The van der Waals surface area contributed by atoms with E-state index in [4.69, 9.17) is 32.7 Å². The monoisotopic (exact) mass is 522 g/mol. The summed E-state index contributed by atoms with van der Waals surface area (Å²) in [5.74, 6) is 1.47. The second-order valence-corrected chi connectivity index (χ2v) is 9.96. The fourth-order valence-electron chi connectivity index (χ4n) is 4.68. The molecular weight excluding hydrogens is 483 g/mol. The zero-order valence-electron chi connectivity index (χ0n) is 21.4. The summed E-state index contributed by atoms with van der Waals surface area (Å²) >= 11 is 12.1. The molecule has 194 valence electrons. The summed E-state index contributed by atoms with van der Waals surface area (Å²) in [5, 5.41) is 8.35. The Morgan fingerprint density at radius 3 is 1.83 bits per heavy atom. The number of nitrogens with one attached hydrogen (secondary N) is 2. The SMILES string of the molecule is CCN(C[C@@H]1CCCN1)c1ccc(Cl)c(OC)c1.COc1cc(N(C)C[C@@H]2CCCN2)ccc1Cl. The molecule has 0 unspecified atom stereocenters. The van der Waals surface area contributed by atoms with E-state index in [0.717, 1.165) is 49.9 Å². The van der Waals surface area contributed by atoms with Gasteiger partial charge in [0.05, 0.1) is 24.3 Å². The van der Waals surface area contributed by atoms with Gasteiger partial charge in [0.25, 0.3) is 0 Å². The number of rotatable bonds is 9. The number of hydrogen-bond donors (Lipinski definition) is 2. The second-order valence-electron chi connectivity index (χ2n) is 9.14. The Morgan fingerprint density at radius 1 is 0.829 bits per heavy atom. The van der Waals surface area contributed by atoms with Crippen molar-refractivity contribution in [3.63, 3.8) is 0 Å². The minimum Gasteiger partial charge on any atom is -0.495 e. The van der Waals surface area contributed by atoms with Crippen LogP contribution in [0.4, 0.5) is 11.4 Å². The molecule has 0 bridgehead atoms. The minimum absolute atomic E-state index is 0.599. The van der Waals surface area contributed by atoms with Crippen molar-refractivity contribution in [1.29, 1.82) is 0 Å². The van der Waals surface area contributed by atoms with E-state index in [1.165, 1.54) is 31.4 Å². The molecule has 2 aromatic rings. The quantitative estimate of drug-likeness (QED) is 0.455. The van der Waals surface area contributed by atoms with Crippen LogP contribution in [0.1, 0.15) is 32.6 Å². The highest BCUT2D eigenvalue weighted by Crippen LogP contribution is 2.30. The van der Waals surface area contributed by atoms with E-state index in [-0.39, 0.29) is 0 Å². The summed E-state index contributed by atoms with van der Waals surface area (Å²) in [5.41, 5.74) is 2.31. The number of benzene rings is 2. The summed E-state index contributed by atoms with van der Waals surface area (Å²) < 4.78 is 10.5. The molecule has 8 heteroatoms. The van der Waals surface area contributed by atoms with Crippen molar-refractivity contribution in [2.75, 3.05) is 63.8 Å². The first kappa shape index (κ1) is 27.7. The zero-order chi connectivity index (χ0) is 25.2. The molecule has 0 amide bonds. The van der Waals surface area contributed by atoms with E-state index < -0.39 is 0 Å². The summed E-state index contributed by atoms with van der Waals surface area (Å²) in [6.45, 7) is 7.51. The number of ether oxygens (including phenoxy) is 2. The molecule has 2 atom stereocenters. The summed E-state index contributed by atoms with van der Waals surface area (Å²) in [6.07, 6.45) is 5.09. The van der Waals surface area contributed by atoms with Crippen LogP contribution in [-0.4, -0.2) is 66.1 Å². The molecule has 35 heavy (non-hydrogen) atoms. The molecule has 4 rings (SSSR count). The molecule has 2 aromatic carbocycles. The first-order valence-electron chi connectivity index (χ1n) is 12.5. The highest BCUT2D eigenvalue weighted by molar-refractivity contribution is 6.32. The van der Waals surface area contributed by atoms with Crippen LogP contribution in [0.3, 0.4) is 0 Å². The third-order valence-corrected chi connectivity index (χ3v) is 7.34. The lowest BCUT2D eigenvalue weighted by Crippen LogP contribution is -2.37. The van der Waals surface area contributed by atoms with E-state index in [9.17, 15) is 0 Å². The van der Waals surface area contributed by atoms with Gasteiger partial charge >= 0.3 is 0 Å². The zero-order valence-corrected chi connectivity index (χ0v) is 23.0. The first-order valence-corrected chi connectivity index (χ1v) is 13.3. The molecule has 2 N–H and O–H groups in total. The fourth-order valence-corrected chi connectivity index (χ4v) is 5.06. The highest BCUT2D eigenvalue weighted by atomic mass is 35.5. The van der Waals surface area contributed by atoms with Crippen molar-refractivity contribution in [3.8, 4) is 11.5 Å². The predicted octanol–water partition coefficient (Wildman–Crippen LogP) is 5.46. The van der Waals surface area contributed by atoms with Gasteiger partial charge in [0, 0.05) is 62.3 Å². The van der Waals surface area contributed by atoms with Crippen LogP contribution in [0.25, 0.3) is 0 Å². The standard InChI is InChI=1S/C14H21ClN2O.C13H19ClN2O/c1-3-17(10-11-5-4-8-16-11)12-6-7-13(15)14(9-12)18-2;1-16(9-10-4-3-7-15-10)11-5-6-12(14)13(8-11)17-2/h6-7,9,11,16H,3-5,8,10H2,1-2H3;5-6,8,10,15H,3-4,7,9H2,1-2H3/t11-;10-/m00/s1. The Kier molecular flexibility index (Phi) is 11.1. The maximum atomic E-state index is 6.06. The number of likely N-dealkylation sites (N-methyl/N-ethyl adjacent to an activating group) is 2. The summed E-state index contributed by atoms with van der Waals surface area (Å²) in [6, 6.07) is 13.1. The van der Waals surface area contributed by atoms with Gasteiger partial charge in [0.15, 0.2) is 0 Å². The maximum Gasteiger partial charge on any atom is 0.139 e. The maximum absolute atomic E-state index is 6.06. The van der Waals surface area contributed by atoms with Crippen LogP contribution < -0.4 is 29.9 Å². The van der Waals surface area contributed by atoms with Crippen molar-refractivity contribution >= 4 is 34.6 Å². The van der Waals surface area contributed by atoms with Crippen LogP contribution in [-0.2, 0) is 0 Å². The Bertz CT molecular complexity index is 918. The number of anilines is 2. The van der Waals surface area contributed by atoms with E-state index in [0.29, 0.717) is 22.1 Å². The minimum atomic E-state index is 0.599. The van der Waals surface area contributed by atoms with Crippen LogP contribution in [0, 0.1) is 0 Å². The average molecular weight is 524 g/mol. The predicted molar refractivity (Wildman–Crippen MR) is 149 cm³/mol. The van der Waals surface area contributed by atoms with Gasteiger partial charge in [-0.15, -0.1) is 0 Å². The third-order valence-electron chi connectivity index (χ3n) is 6.72. The Hall–Kier alpha value is -1.86. The van der Waals surface area contributed by atoms with E-state index in [2.05, 4.69) is 40.5 Å². The molecule has 0 spiro atoms. The van der Waals surface area contributed by atoms with Gasteiger partial charge in [-0.2, -0.15) is 0 Å². The van der Waals surface area contributed by atoms with Crippen LogP contribution in [0.2, 0.25) is 10.0 Å². The molecular formula is C27H40Cl2N4O2. The molecule has 2 saturated heterocycles. The smallest absolute Gasteiger partial charge is 0.139 e. The van der Waals surface area contributed by atoms with Crippen LogP contribution >= 0.6 is 23.2 Å². The number of nitrogens with zero attached hydrogens (tertiary/aromatic N) is 2. The third kappa shape index (κ3) is 8.07. The van der Waals surface area contributed by atoms with Gasteiger partial charge in [-0.05, 0) is 70.0 Å². The Morgan fingerprint density at radius 2 is 1.34 bits per heavy atom. The van der Waals surface area contributed by atoms with Gasteiger partial charge < -0.3 is 29.9 Å². The summed E-state index contributed by atoms with van der Waals surface area (Å²) in [4.78, 5) is 4.60. The molecule has 2 aliphatic heterocycles. The molecule has 2 fully saturated rings. The van der Waals surface area contributed by atoms with E-state index in [1.807, 2.05) is 30.3 Å². The van der Waals surface area contributed by atoms with Crippen LogP contribution in [0.15, 0.2) is 36.4 Å². The van der Waals surface area contributed by atoms with Crippen molar-refractivity contribution in [2.24, 2.45) is 0 Å². The van der Waals surface area contributed by atoms with Crippen molar-refractivity contribution in [2.45, 2.75) is 44.7 Å². The lowest BCUT2D eigenvalue weighted by molar-refractivity contribution is 0.415. The van der Waals surface area contributed by atoms with Crippen LogP contribution in [0.5, 0.6) is 11.5 Å². The van der Waals surface area contributed by atoms with Crippen molar-refractivity contribution in [1.82, 2.24) is 10.6 Å². The number of methoxy groups -OCH3 is 2. The Labute approximate surface area is 220 Å². The van der Waals surface area contributed by atoms with Crippen molar-refractivity contribution in [3.05, 3.63) is 46.4 Å². The van der Waals surface area contributed by atoms with E-state index >= 15 is 0 Å². The van der Waals surface area contributed by atoms with Gasteiger partial charge in [-0.1, -0.05) is 23.2 Å². The highest BCUT2D eigenvalue weighted by Gasteiger charge is 2.18. The second kappa shape index (κ2) is 14.0. The topological polar surface area (TPSA) is 49.0 Å². The molecule has 2 heterocycles. The van der Waals surface area contributed by atoms with Gasteiger partial charge in [-0.3, -0.25) is 0 Å². The van der Waals surface area contributed by atoms with Gasteiger partial charge in [-0.25, -0.2) is 0 Å². The molecule has 0 saturated carbocycles.